The quantitative estimate of drug-likeness (QED) is 0.547. The van der Waals surface area contributed by atoms with Crippen molar-refractivity contribution in [3.8, 4) is 0 Å². The molecule has 142 valence electrons. The average Bonchev–Trinajstić information content (AvgIpc) is 2.75. The summed E-state index contributed by atoms with van der Waals surface area (Å²) in [6, 6.07) is 29.6. The van der Waals surface area contributed by atoms with E-state index in [9.17, 15) is 4.57 Å². The summed E-state index contributed by atoms with van der Waals surface area (Å²) in [5.74, 6) is 0. The van der Waals surface area contributed by atoms with Crippen LogP contribution in [0.25, 0.3) is 0 Å². The number of hydrogen-bond donors (Lipinski definition) is 0. The average molecular weight is 402 g/mol. The van der Waals surface area contributed by atoms with E-state index in [0.29, 0.717) is 0 Å². The number of hydrogen-bond acceptors (Lipinski definition) is 4. The van der Waals surface area contributed by atoms with Crippen molar-refractivity contribution in [2.24, 2.45) is 0 Å². The normalized spacial score (nSPS) is 13.7. The molecule has 6 heteroatoms. The van der Waals surface area contributed by atoms with E-state index in [-0.39, 0.29) is 0 Å². The van der Waals surface area contributed by atoms with Gasteiger partial charge < -0.3 is 0 Å². The van der Waals surface area contributed by atoms with Crippen molar-refractivity contribution >= 4 is 30.6 Å². The Labute approximate surface area is 160 Å². The van der Waals surface area contributed by atoms with Gasteiger partial charge in [-0.05, 0) is 0 Å². The van der Waals surface area contributed by atoms with Crippen molar-refractivity contribution in [3.63, 3.8) is 0 Å². The molecule has 0 atom stereocenters. The van der Waals surface area contributed by atoms with E-state index < -0.39 is 14.7 Å². The molecule has 0 amide bonds. The molecule has 0 N–H and O–H groups in total. The summed E-state index contributed by atoms with van der Waals surface area (Å²) >= 11 is 0. The van der Waals surface area contributed by atoms with Gasteiger partial charge in [0.15, 0.2) is 0 Å². The van der Waals surface area contributed by atoms with Crippen molar-refractivity contribution in [1.29, 1.82) is 0 Å². The second-order valence-corrected chi connectivity index (χ2v) is 13.1. The third kappa shape index (κ3) is 3.40. The first-order valence-electron chi connectivity index (χ1n) is 8.58. The van der Waals surface area contributed by atoms with Crippen LogP contribution in [-0.4, -0.2) is 20.9 Å². The van der Waals surface area contributed by atoms with Gasteiger partial charge in [-0.2, -0.15) is 0 Å². The van der Waals surface area contributed by atoms with Gasteiger partial charge in [-0.3, -0.25) is 0 Å². The first-order chi connectivity index (χ1) is 13.0. The van der Waals surface area contributed by atoms with Gasteiger partial charge in [-0.25, -0.2) is 0 Å². The van der Waals surface area contributed by atoms with Crippen LogP contribution in [0.2, 0.25) is 0 Å². The Morgan fingerprint density at radius 3 is 1.19 bits per heavy atom. The zero-order valence-electron chi connectivity index (χ0n) is 15.7. The molecule has 0 saturated carbocycles. The van der Waals surface area contributed by atoms with Crippen LogP contribution < -0.4 is 15.9 Å². The van der Waals surface area contributed by atoms with Gasteiger partial charge in [0, 0.05) is 0 Å². The number of phosphoric acid groups is 1. The minimum absolute atomic E-state index is 0.940. The first-order valence-corrected chi connectivity index (χ1v) is 12.6. The molecule has 0 heterocycles. The molecule has 0 aromatic heterocycles. The fourth-order valence-corrected chi connectivity index (χ4v) is 10.7. The number of phosphoric ester groups is 1. The molecule has 3 rings (SSSR count). The van der Waals surface area contributed by atoms with Crippen molar-refractivity contribution in [1.82, 2.24) is 0 Å². The van der Waals surface area contributed by atoms with E-state index in [1.165, 1.54) is 14.2 Å². The second kappa shape index (κ2) is 7.67. The van der Waals surface area contributed by atoms with E-state index in [4.69, 9.17) is 13.4 Å². The molecule has 0 saturated heterocycles. The fraction of sp³-hybridized carbons (Fsp3) is 0.143. The predicted molar refractivity (Wildman–Crippen MR) is 114 cm³/mol. The molecule has 0 fully saturated rings. The Bertz CT molecular complexity index is 823. The van der Waals surface area contributed by atoms with Crippen LogP contribution in [0.15, 0.2) is 91.0 Å². The molecule has 4 nitrogen and oxygen atoms in total. The molecule has 0 aliphatic carbocycles. The van der Waals surface area contributed by atoms with E-state index in [1.807, 2.05) is 97.7 Å². The fourth-order valence-electron chi connectivity index (χ4n) is 3.34. The van der Waals surface area contributed by atoms with Crippen molar-refractivity contribution in [2.75, 3.05) is 20.9 Å². The standard InChI is InChI=1S/C21H24O4P2/c1-23-26(22,24-2)25-27(3,19-13-7-4-8-14-19,20-15-9-5-10-16-20)21-17-11-6-12-18-21/h4-18H,1-3H3. The summed E-state index contributed by atoms with van der Waals surface area (Å²) in [6.45, 7) is -1.59. The van der Waals surface area contributed by atoms with Gasteiger partial charge in [0.1, 0.15) is 0 Å². The third-order valence-corrected chi connectivity index (χ3v) is 12.8. The Balaban J connectivity index is 2.45. The summed E-state index contributed by atoms with van der Waals surface area (Å²) in [5.41, 5.74) is 0. The molecule has 0 spiro atoms. The molecular weight excluding hydrogens is 378 g/mol. The molecule has 0 bridgehead atoms. The molecule has 0 aliphatic rings. The van der Waals surface area contributed by atoms with E-state index in [2.05, 4.69) is 0 Å². The summed E-state index contributed by atoms with van der Waals surface area (Å²) in [5, 5.41) is 2.82. The molecule has 0 aliphatic heterocycles. The topological polar surface area (TPSA) is 44.8 Å². The van der Waals surface area contributed by atoms with E-state index >= 15 is 0 Å². The van der Waals surface area contributed by atoms with Crippen molar-refractivity contribution < 1.29 is 17.9 Å². The molecular formula is C21H24O4P2. The number of rotatable bonds is 7. The van der Waals surface area contributed by atoms with Crippen LogP contribution in [-0.2, 0) is 17.9 Å². The van der Waals surface area contributed by atoms with E-state index in [0.717, 1.165) is 15.9 Å². The Kier molecular flexibility index (Phi) is 5.67. The van der Waals surface area contributed by atoms with Gasteiger partial charge in [-0.15, -0.1) is 0 Å². The third-order valence-electron chi connectivity index (χ3n) is 4.89. The predicted octanol–water partition coefficient (Wildman–Crippen LogP) is 4.48. The molecule has 0 radical (unpaired) electrons. The zero-order valence-corrected chi connectivity index (χ0v) is 17.5. The minimum atomic E-state index is -3.81. The summed E-state index contributed by atoms with van der Waals surface area (Å²) in [7, 11) is -1.13. The van der Waals surface area contributed by atoms with E-state index in [1.54, 1.807) is 0 Å². The maximum absolute atomic E-state index is 13.3. The first kappa shape index (κ1) is 19.9. The zero-order chi connectivity index (χ0) is 19.4. The Morgan fingerprint density at radius 2 is 0.926 bits per heavy atom. The number of benzene rings is 3. The van der Waals surface area contributed by atoms with Crippen LogP contribution in [0.1, 0.15) is 0 Å². The van der Waals surface area contributed by atoms with Crippen LogP contribution in [0.3, 0.4) is 0 Å². The van der Waals surface area contributed by atoms with Crippen LogP contribution in [0.4, 0.5) is 0 Å². The molecule has 3 aromatic carbocycles. The van der Waals surface area contributed by atoms with Gasteiger partial charge >= 0.3 is 160 Å². The van der Waals surface area contributed by atoms with Crippen molar-refractivity contribution in [2.45, 2.75) is 0 Å². The SMILES string of the molecule is COP(=O)(OC)OP(C)(c1ccccc1)(c1ccccc1)c1ccccc1. The van der Waals surface area contributed by atoms with Crippen LogP contribution in [0.5, 0.6) is 0 Å². The molecule has 27 heavy (non-hydrogen) atoms. The van der Waals surface area contributed by atoms with Gasteiger partial charge in [0.25, 0.3) is 0 Å². The van der Waals surface area contributed by atoms with Crippen LogP contribution >= 0.6 is 14.7 Å². The molecule has 0 unspecified atom stereocenters. The Morgan fingerprint density at radius 1 is 0.630 bits per heavy atom. The van der Waals surface area contributed by atoms with Gasteiger partial charge in [0.05, 0.1) is 0 Å². The Hall–Kier alpha value is -1.80. The van der Waals surface area contributed by atoms with Crippen molar-refractivity contribution in [3.05, 3.63) is 91.0 Å². The molecule has 3 aromatic rings. The van der Waals surface area contributed by atoms with Crippen LogP contribution in [0, 0.1) is 0 Å². The summed E-state index contributed by atoms with van der Waals surface area (Å²) in [6.07, 6.45) is 0. The van der Waals surface area contributed by atoms with Gasteiger partial charge in [0.2, 0.25) is 0 Å². The summed E-state index contributed by atoms with van der Waals surface area (Å²) < 4.78 is 30.2. The van der Waals surface area contributed by atoms with Gasteiger partial charge in [-0.1, -0.05) is 0 Å². The maximum atomic E-state index is 13.3. The monoisotopic (exact) mass is 402 g/mol. The summed E-state index contributed by atoms with van der Waals surface area (Å²) in [4.78, 5) is 0. The second-order valence-electron chi connectivity index (χ2n) is 6.36.